The summed E-state index contributed by atoms with van der Waals surface area (Å²) in [5.41, 5.74) is 2.81. The van der Waals surface area contributed by atoms with E-state index in [1.807, 2.05) is 35.2 Å². The van der Waals surface area contributed by atoms with E-state index in [9.17, 15) is 14.4 Å². The van der Waals surface area contributed by atoms with Gasteiger partial charge in [0.1, 0.15) is 6.10 Å². The number of amides is 2. The highest BCUT2D eigenvalue weighted by Gasteiger charge is 2.28. The molecular weight excluding hydrogens is 368 g/mol. The molecule has 150 valence electrons. The van der Waals surface area contributed by atoms with Gasteiger partial charge in [0.15, 0.2) is 0 Å². The molecule has 2 aromatic carbocycles. The number of ether oxygens (including phenoxy) is 1. The number of hydrogen-bond acceptors (Lipinski definition) is 4. The Labute approximate surface area is 169 Å². The molecule has 2 heterocycles. The molecule has 0 radical (unpaired) electrons. The summed E-state index contributed by atoms with van der Waals surface area (Å²) >= 11 is 0. The average Bonchev–Trinajstić information content (AvgIpc) is 3.16. The van der Waals surface area contributed by atoms with E-state index in [0.29, 0.717) is 37.1 Å². The number of fused-ring (bicyclic) bond motifs is 1. The second-order valence-electron chi connectivity index (χ2n) is 7.47. The molecule has 0 bridgehead atoms. The van der Waals surface area contributed by atoms with Crippen LogP contribution in [0, 0.1) is 0 Å². The number of nitrogens with one attached hydrogen (secondary N) is 1. The number of carbonyl (C=O) groups is 3. The third-order valence-electron chi connectivity index (χ3n) is 5.48. The first-order chi connectivity index (χ1) is 14.1. The van der Waals surface area contributed by atoms with Gasteiger partial charge in [-0.3, -0.25) is 9.59 Å². The summed E-state index contributed by atoms with van der Waals surface area (Å²) < 4.78 is 5.56. The maximum atomic E-state index is 12.5. The zero-order valence-electron chi connectivity index (χ0n) is 16.2. The smallest absolute Gasteiger partial charge is 0.339 e. The molecule has 29 heavy (non-hydrogen) atoms. The van der Waals surface area contributed by atoms with E-state index in [1.165, 1.54) is 0 Å². The molecule has 0 saturated carbocycles. The van der Waals surface area contributed by atoms with E-state index in [4.69, 9.17) is 4.74 Å². The van der Waals surface area contributed by atoms with Crippen LogP contribution in [0.25, 0.3) is 0 Å². The third kappa shape index (κ3) is 4.31. The summed E-state index contributed by atoms with van der Waals surface area (Å²) in [6.07, 6.45) is 2.49. The van der Waals surface area contributed by atoms with Gasteiger partial charge >= 0.3 is 5.97 Å². The summed E-state index contributed by atoms with van der Waals surface area (Å²) in [5.74, 6) is -0.330. The van der Waals surface area contributed by atoms with Crippen molar-refractivity contribution in [3.05, 3.63) is 70.8 Å². The van der Waals surface area contributed by atoms with Gasteiger partial charge in [-0.25, -0.2) is 4.79 Å². The summed E-state index contributed by atoms with van der Waals surface area (Å²) in [6, 6.07) is 14.7. The highest BCUT2D eigenvalue weighted by molar-refractivity contribution is 5.97. The molecule has 0 aliphatic carbocycles. The molecule has 1 saturated heterocycles. The van der Waals surface area contributed by atoms with Crippen LogP contribution >= 0.6 is 0 Å². The topological polar surface area (TPSA) is 75.7 Å². The van der Waals surface area contributed by atoms with Gasteiger partial charge in [-0.05, 0) is 42.2 Å². The van der Waals surface area contributed by atoms with E-state index >= 15 is 0 Å². The van der Waals surface area contributed by atoms with Crippen molar-refractivity contribution in [3.8, 4) is 0 Å². The minimum absolute atomic E-state index is 0.171. The van der Waals surface area contributed by atoms with Gasteiger partial charge in [0, 0.05) is 38.0 Å². The number of cyclic esters (lactones) is 1. The number of carbonyl (C=O) groups excluding carboxylic acids is 3. The maximum absolute atomic E-state index is 12.5. The Kier molecular flexibility index (Phi) is 5.60. The Morgan fingerprint density at radius 2 is 1.97 bits per heavy atom. The Balaban J connectivity index is 1.37. The fourth-order valence-corrected chi connectivity index (χ4v) is 3.91. The number of hydrogen-bond donors (Lipinski definition) is 1. The summed E-state index contributed by atoms with van der Waals surface area (Å²) in [6.45, 7) is 2.00. The molecule has 1 N–H and O–H groups in total. The Bertz CT molecular complexity index is 926. The second-order valence-corrected chi connectivity index (χ2v) is 7.47. The fraction of sp³-hybridized carbons (Fsp3) is 0.348. The van der Waals surface area contributed by atoms with Crippen molar-refractivity contribution in [3.63, 3.8) is 0 Å². The van der Waals surface area contributed by atoms with Gasteiger partial charge in [0.2, 0.25) is 5.91 Å². The van der Waals surface area contributed by atoms with Gasteiger partial charge in [-0.2, -0.15) is 0 Å². The molecular formula is C23H24N2O4. The lowest BCUT2D eigenvalue weighted by molar-refractivity contribution is -0.127. The second kappa shape index (κ2) is 8.47. The number of esters is 1. The van der Waals surface area contributed by atoms with Crippen LogP contribution in [0.2, 0.25) is 0 Å². The van der Waals surface area contributed by atoms with E-state index in [-0.39, 0.29) is 23.9 Å². The first-order valence-corrected chi connectivity index (χ1v) is 10.1. The van der Waals surface area contributed by atoms with Crippen molar-refractivity contribution in [2.75, 3.05) is 19.6 Å². The van der Waals surface area contributed by atoms with Crippen molar-refractivity contribution in [2.45, 2.75) is 31.8 Å². The molecule has 0 aromatic heterocycles. The highest BCUT2D eigenvalue weighted by atomic mass is 16.5. The molecule has 1 atom stereocenters. The van der Waals surface area contributed by atoms with Crippen molar-refractivity contribution in [1.29, 1.82) is 0 Å². The summed E-state index contributed by atoms with van der Waals surface area (Å²) in [7, 11) is 0. The van der Waals surface area contributed by atoms with Crippen LogP contribution in [0.15, 0.2) is 48.5 Å². The van der Waals surface area contributed by atoms with E-state index in [1.54, 1.807) is 18.2 Å². The van der Waals surface area contributed by atoms with Gasteiger partial charge < -0.3 is 15.0 Å². The first-order valence-electron chi connectivity index (χ1n) is 10.1. The van der Waals surface area contributed by atoms with Gasteiger partial charge in [-0.1, -0.05) is 30.3 Å². The molecule has 0 spiro atoms. The fourth-order valence-electron chi connectivity index (χ4n) is 3.91. The summed E-state index contributed by atoms with van der Waals surface area (Å²) in [5, 5.41) is 2.91. The monoisotopic (exact) mass is 392 g/mol. The molecule has 2 aliphatic heterocycles. The SMILES string of the molecule is O=C(NCCCN1CCCC1=O)c1ccc2c(c1)C[C@@H](c1ccccc1)OC2=O. The Hall–Kier alpha value is -3.15. The van der Waals surface area contributed by atoms with Crippen LogP contribution in [0.1, 0.15) is 57.2 Å². The average molecular weight is 392 g/mol. The standard InChI is InChI=1S/C23H24N2O4/c26-21-8-4-12-25(21)13-5-11-24-22(27)17-9-10-19-18(14-17)15-20(29-23(19)28)16-6-2-1-3-7-16/h1-3,6-7,9-10,14,20H,4-5,8,11-13,15H2,(H,24,27)/t20-/m0/s1. The third-order valence-corrected chi connectivity index (χ3v) is 5.48. The van der Waals surface area contributed by atoms with Crippen LogP contribution in [0.3, 0.4) is 0 Å². The number of benzene rings is 2. The largest absolute Gasteiger partial charge is 0.454 e. The van der Waals surface area contributed by atoms with Crippen LogP contribution in [0.4, 0.5) is 0 Å². The lowest BCUT2D eigenvalue weighted by atomic mass is 9.93. The van der Waals surface area contributed by atoms with Crippen LogP contribution < -0.4 is 5.32 Å². The van der Waals surface area contributed by atoms with E-state index in [0.717, 1.165) is 30.5 Å². The zero-order valence-corrected chi connectivity index (χ0v) is 16.2. The van der Waals surface area contributed by atoms with E-state index < -0.39 is 0 Å². The van der Waals surface area contributed by atoms with Gasteiger partial charge in [0.25, 0.3) is 5.91 Å². The van der Waals surface area contributed by atoms with E-state index in [2.05, 4.69) is 5.32 Å². The Morgan fingerprint density at radius 3 is 2.72 bits per heavy atom. The number of nitrogens with zero attached hydrogens (tertiary/aromatic N) is 1. The predicted octanol–water partition coefficient (Wildman–Crippen LogP) is 2.88. The predicted molar refractivity (Wildman–Crippen MR) is 108 cm³/mol. The lowest BCUT2D eigenvalue weighted by Gasteiger charge is -2.25. The van der Waals surface area contributed by atoms with Gasteiger partial charge in [0.05, 0.1) is 5.56 Å². The molecule has 1 fully saturated rings. The molecule has 0 unspecified atom stereocenters. The van der Waals surface area contributed by atoms with Crippen LogP contribution in [-0.2, 0) is 16.0 Å². The summed E-state index contributed by atoms with van der Waals surface area (Å²) in [4.78, 5) is 38.3. The van der Waals surface area contributed by atoms with Crippen molar-refractivity contribution in [2.24, 2.45) is 0 Å². The molecule has 2 amide bonds. The van der Waals surface area contributed by atoms with Crippen molar-refractivity contribution >= 4 is 17.8 Å². The quantitative estimate of drug-likeness (QED) is 0.606. The Morgan fingerprint density at radius 1 is 1.14 bits per heavy atom. The number of rotatable bonds is 6. The molecule has 6 heteroatoms. The minimum Gasteiger partial charge on any atom is -0.454 e. The molecule has 4 rings (SSSR count). The van der Waals surface area contributed by atoms with Crippen molar-refractivity contribution < 1.29 is 19.1 Å². The van der Waals surface area contributed by atoms with Crippen LogP contribution in [0.5, 0.6) is 0 Å². The zero-order chi connectivity index (χ0) is 20.2. The first kappa shape index (κ1) is 19.2. The number of likely N-dealkylation sites (tertiary alicyclic amines) is 1. The molecule has 2 aliphatic rings. The van der Waals surface area contributed by atoms with Gasteiger partial charge in [-0.15, -0.1) is 0 Å². The highest BCUT2D eigenvalue weighted by Crippen LogP contribution is 2.31. The minimum atomic E-state index is -0.359. The van der Waals surface area contributed by atoms with Crippen LogP contribution in [-0.4, -0.2) is 42.3 Å². The maximum Gasteiger partial charge on any atom is 0.339 e. The normalized spacial score (nSPS) is 18.3. The van der Waals surface area contributed by atoms with Crippen molar-refractivity contribution in [1.82, 2.24) is 10.2 Å². The molecule has 6 nitrogen and oxygen atoms in total. The molecule has 2 aromatic rings. The lowest BCUT2D eigenvalue weighted by Crippen LogP contribution is -2.31.